The van der Waals surface area contributed by atoms with E-state index in [1.54, 1.807) is 30.3 Å². The number of hydrogen-bond donors (Lipinski definition) is 2. The molecule has 6 nitrogen and oxygen atoms in total. The number of aryl methyl sites for hydroxylation is 1. The van der Waals surface area contributed by atoms with Crippen LogP contribution < -0.4 is 10.0 Å². The number of benzene rings is 3. The summed E-state index contributed by atoms with van der Waals surface area (Å²) >= 11 is 0. The van der Waals surface area contributed by atoms with Gasteiger partial charge in [0.1, 0.15) is 0 Å². The van der Waals surface area contributed by atoms with Crippen molar-refractivity contribution < 1.29 is 35.2 Å². The Hall–Kier alpha value is -3.35. The molecule has 0 spiro atoms. The van der Waals surface area contributed by atoms with Gasteiger partial charge in [-0.25, -0.2) is 21.9 Å². The number of halogens is 5. The molecule has 5 rings (SSSR count). The largest absolute Gasteiger partial charge is 0.416 e. The number of hydrogen-bond acceptors (Lipinski definition) is 4. The fourth-order valence-electron chi connectivity index (χ4n) is 5.66. The van der Waals surface area contributed by atoms with Crippen molar-refractivity contribution in [3.05, 3.63) is 101 Å². The number of fused-ring (bicyclic) bond motifs is 1. The minimum Gasteiger partial charge on any atom is -0.349 e. The lowest BCUT2D eigenvalue weighted by atomic mass is 10.0. The van der Waals surface area contributed by atoms with Gasteiger partial charge in [0.15, 0.2) is 0 Å². The second kappa shape index (κ2) is 12.3. The first-order valence-corrected chi connectivity index (χ1v) is 15.5. The summed E-state index contributed by atoms with van der Waals surface area (Å²) in [6.07, 6.45) is -3.92. The third-order valence-corrected chi connectivity index (χ3v) is 9.44. The fourth-order valence-corrected chi connectivity index (χ4v) is 6.93. The van der Waals surface area contributed by atoms with E-state index in [1.165, 1.54) is 0 Å². The topological polar surface area (TPSA) is 78.5 Å². The van der Waals surface area contributed by atoms with Gasteiger partial charge in [0.25, 0.3) is 5.92 Å². The monoisotopic (exact) mass is 621 g/mol. The second-order valence-corrected chi connectivity index (χ2v) is 12.9. The summed E-state index contributed by atoms with van der Waals surface area (Å²) < 4.78 is 95.3. The van der Waals surface area contributed by atoms with E-state index in [1.807, 2.05) is 23.1 Å². The van der Waals surface area contributed by atoms with Crippen molar-refractivity contribution in [2.75, 3.05) is 13.1 Å². The molecule has 2 N–H and O–H groups in total. The van der Waals surface area contributed by atoms with Crippen LogP contribution >= 0.6 is 0 Å². The van der Waals surface area contributed by atoms with Gasteiger partial charge < -0.3 is 5.32 Å². The number of amides is 1. The van der Waals surface area contributed by atoms with Gasteiger partial charge in [0, 0.05) is 38.9 Å². The normalized spacial score (nSPS) is 19.5. The summed E-state index contributed by atoms with van der Waals surface area (Å²) in [5, 5.41) is 2.98. The molecule has 3 aromatic rings. The third-order valence-electron chi connectivity index (χ3n) is 7.97. The zero-order valence-electron chi connectivity index (χ0n) is 23.2. The van der Waals surface area contributed by atoms with Gasteiger partial charge in [0.2, 0.25) is 15.9 Å². The number of nitrogens with zero attached hydrogens (tertiary/aromatic N) is 1. The lowest BCUT2D eigenvalue weighted by Crippen LogP contribution is -2.38. The van der Waals surface area contributed by atoms with Crippen LogP contribution in [0, 0.1) is 0 Å². The number of piperidine rings is 1. The maximum atomic E-state index is 13.5. The van der Waals surface area contributed by atoms with Crippen LogP contribution in [0.15, 0.2) is 77.7 Å². The molecule has 1 heterocycles. The van der Waals surface area contributed by atoms with E-state index in [2.05, 4.69) is 10.0 Å². The van der Waals surface area contributed by atoms with Crippen LogP contribution in [-0.4, -0.2) is 38.2 Å². The molecule has 1 unspecified atom stereocenters. The number of alkyl halides is 5. The minimum atomic E-state index is -4.71. The molecule has 2 atom stereocenters. The van der Waals surface area contributed by atoms with Gasteiger partial charge in [-0.1, -0.05) is 54.6 Å². The summed E-state index contributed by atoms with van der Waals surface area (Å²) in [5.41, 5.74) is 2.42. The Bertz CT molecular complexity index is 1550. The van der Waals surface area contributed by atoms with Gasteiger partial charge in [-0.15, -0.1) is 0 Å². The fraction of sp³-hybridized carbons (Fsp3) is 0.387. The molecule has 1 aliphatic carbocycles. The van der Waals surface area contributed by atoms with Gasteiger partial charge in [-0.3, -0.25) is 9.69 Å². The summed E-state index contributed by atoms with van der Waals surface area (Å²) in [5.74, 6) is -3.02. The first-order chi connectivity index (χ1) is 20.3. The SMILES string of the molecule is O=C(CC(NS(=O)(=O)c1cccc(C(F)(F)F)c1)c1ccccc1)N[C@@H]1CCc2cc(CN3CCC(F)(F)CC3)ccc21. The number of nitrogens with one attached hydrogen (secondary N) is 2. The molecule has 12 heteroatoms. The quantitative estimate of drug-likeness (QED) is 0.281. The summed E-state index contributed by atoms with van der Waals surface area (Å²) in [6.45, 7) is 1.25. The standard InChI is InChI=1S/C31H32F5N3O3S/c32-30(33)13-15-39(16-14-30)20-21-9-11-26-23(17-21)10-12-27(26)37-29(40)19-28(22-5-2-1-3-6-22)38-43(41,42)25-8-4-7-24(18-25)31(34,35)36/h1-9,11,17-18,27-28,38H,10,12-16,19-20H2,(H,37,40)/t27-,28?/m1/s1. The van der Waals surface area contributed by atoms with Crippen molar-refractivity contribution in [3.63, 3.8) is 0 Å². The van der Waals surface area contributed by atoms with Crippen molar-refractivity contribution >= 4 is 15.9 Å². The smallest absolute Gasteiger partial charge is 0.349 e. The Morgan fingerprint density at radius 3 is 2.40 bits per heavy atom. The first-order valence-electron chi connectivity index (χ1n) is 14.0. The molecule has 3 aromatic carbocycles. The highest BCUT2D eigenvalue weighted by atomic mass is 32.2. The number of sulfonamides is 1. The van der Waals surface area contributed by atoms with Crippen molar-refractivity contribution in [1.82, 2.24) is 14.9 Å². The average molecular weight is 622 g/mol. The van der Waals surface area contributed by atoms with Gasteiger partial charge in [-0.05, 0) is 53.3 Å². The molecule has 1 aliphatic heterocycles. The van der Waals surface area contributed by atoms with E-state index in [0.717, 1.165) is 41.3 Å². The van der Waals surface area contributed by atoms with E-state index in [4.69, 9.17) is 0 Å². The minimum absolute atomic E-state index is 0.147. The van der Waals surface area contributed by atoms with E-state index >= 15 is 0 Å². The van der Waals surface area contributed by atoms with Gasteiger partial charge >= 0.3 is 6.18 Å². The van der Waals surface area contributed by atoms with Crippen molar-refractivity contribution in [2.24, 2.45) is 0 Å². The Balaban J connectivity index is 1.26. The Morgan fingerprint density at radius 2 is 1.70 bits per heavy atom. The maximum absolute atomic E-state index is 13.5. The highest BCUT2D eigenvalue weighted by Crippen LogP contribution is 2.34. The van der Waals surface area contributed by atoms with Gasteiger partial charge in [0.05, 0.1) is 22.5 Å². The molecule has 1 saturated heterocycles. The summed E-state index contributed by atoms with van der Waals surface area (Å²) in [7, 11) is -4.41. The third kappa shape index (κ3) is 7.79. The van der Waals surface area contributed by atoms with Crippen LogP contribution in [-0.2, 0) is 34.0 Å². The molecule has 1 fully saturated rings. The Morgan fingerprint density at radius 1 is 0.977 bits per heavy atom. The number of carbonyl (C=O) groups is 1. The number of carbonyl (C=O) groups excluding carboxylic acids is 1. The maximum Gasteiger partial charge on any atom is 0.416 e. The zero-order chi connectivity index (χ0) is 30.8. The molecular weight excluding hydrogens is 589 g/mol. The van der Waals surface area contributed by atoms with E-state index in [9.17, 15) is 35.2 Å². The lowest BCUT2D eigenvalue weighted by Gasteiger charge is -2.31. The molecule has 0 aromatic heterocycles. The average Bonchev–Trinajstić information content (AvgIpc) is 3.35. The van der Waals surface area contributed by atoms with Crippen LogP contribution in [0.1, 0.15) is 65.6 Å². The summed E-state index contributed by atoms with van der Waals surface area (Å²) in [4.78, 5) is 14.7. The highest BCUT2D eigenvalue weighted by Gasteiger charge is 2.35. The van der Waals surface area contributed by atoms with Crippen LogP contribution in [0.3, 0.4) is 0 Å². The molecular formula is C31H32F5N3O3S. The van der Waals surface area contributed by atoms with Crippen LogP contribution in [0.5, 0.6) is 0 Å². The number of rotatable bonds is 9. The predicted octanol–water partition coefficient (Wildman–Crippen LogP) is 6.15. The molecule has 0 saturated carbocycles. The van der Waals surface area contributed by atoms with E-state index in [0.29, 0.717) is 37.7 Å². The molecule has 1 amide bonds. The van der Waals surface area contributed by atoms with E-state index in [-0.39, 0.29) is 25.3 Å². The summed E-state index contributed by atoms with van der Waals surface area (Å²) in [6, 6.07) is 16.4. The highest BCUT2D eigenvalue weighted by molar-refractivity contribution is 7.89. The molecule has 43 heavy (non-hydrogen) atoms. The van der Waals surface area contributed by atoms with Crippen molar-refractivity contribution in [2.45, 2.75) is 67.7 Å². The van der Waals surface area contributed by atoms with Crippen LogP contribution in [0.2, 0.25) is 0 Å². The van der Waals surface area contributed by atoms with Crippen LogP contribution in [0.25, 0.3) is 0 Å². The number of likely N-dealkylation sites (tertiary alicyclic amines) is 1. The predicted molar refractivity (Wildman–Crippen MR) is 151 cm³/mol. The zero-order valence-corrected chi connectivity index (χ0v) is 24.0. The first kappa shape index (κ1) is 31.1. The molecule has 2 aliphatic rings. The van der Waals surface area contributed by atoms with E-state index < -0.39 is 44.5 Å². The molecule has 0 radical (unpaired) electrons. The van der Waals surface area contributed by atoms with Crippen molar-refractivity contribution in [1.29, 1.82) is 0 Å². The molecule has 0 bridgehead atoms. The van der Waals surface area contributed by atoms with Crippen LogP contribution in [0.4, 0.5) is 22.0 Å². The Labute approximate surface area is 247 Å². The van der Waals surface area contributed by atoms with Crippen molar-refractivity contribution in [3.8, 4) is 0 Å². The lowest BCUT2D eigenvalue weighted by molar-refractivity contribution is -0.137. The second-order valence-electron chi connectivity index (χ2n) is 11.1. The molecule has 230 valence electrons. The van der Waals surface area contributed by atoms with Gasteiger partial charge in [-0.2, -0.15) is 13.2 Å². The Kier molecular flexibility index (Phi) is 8.92.